The van der Waals surface area contributed by atoms with Gasteiger partial charge in [0.1, 0.15) is 6.61 Å². The zero-order valence-electron chi connectivity index (χ0n) is 24.0. The molecular weight excluding hydrogens is 553 g/mol. The third kappa shape index (κ3) is 3.59. The van der Waals surface area contributed by atoms with Crippen molar-refractivity contribution < 1.29 is 28.9 Å². The number of allylic oxidation sites excluding steroid dienone is 5. The Hall–Kier alpha value is -2.62. The molecule has 4 fully saturated rings. The molecule has 0 radical (unpaired) electrons. The average molecular weight is 592 g/mol. The summed E-state index contributed by atoms with van der Waals surface area (Å²) >= 11 is 1.55. The second-order valence-corrected chi connectivity index (χ2v) is 14.5. The first kappa shape index (κ1) is 28.2. The first-order valence-corrected chi connectivity index (χ1v) is 15.6. The first-order chi connectivity index (χ1) is 20.0. The van der Waals surface area contributed by atoms with E-state index in [2.05, 4.69) is 6.58 Å². The average Bonchev–Trinajstić information content (AvgIpc) is 3.63. The standard InChI is InChI=1S/C34H38FNO5S/c1-19-11-12-31(2)21(13-19)7-9-24-25-16-29-34(28(39)18-37,32(25,3)17-27(38)33(24,31)35)41-30(40-29)26-10-8-23(42-26)15-20-5-4-6-22(36)14-20/h4-6,8,10-14,24-25,27,29-30,37-38H,1,7,9,15-18,36H2,2-3H3/t24-,25-,27-,29+,30+,31-,32-,33-,34+/m0/s1. The normalized spacial score (nSPS) is 42.0. The Balaban J connectivity index is 1.21. The molecule has 0 spiro atoms. The van der Waals surface area contributed by atoms with Crippen molar-refractivity contribution in [3.63, 3.8) is 0 Å². The lowest BCUT2D eigenvalue weighted by atomic mass is 9.44. The summed E-state index contributed by atoms with van der Waals surface area (Å²) in [6.45, 7) is 7.14. The van der Waals surface area contributed by atoms with E-state index in [0.717, 1.165) is 26.5 Å². The molecule has 1 aromatic heterocycles. The fourth-order valence-electron chi connectivity index (χ4n) is 9.30. The number of alkyl halides is 1. The van der Waals surface area contributed by atoms with Crippen molar-refractivity contribution in [2.45, 2.75) is 75.7 Å². The summed E-state index contributed by atoms with van der Waals surface area (Å²) in [6, 6.07) is 11.7. The van der Waals surface area contributed by atoms with Gasteiger partial charge in [-0.25, -0.2) is 4.39 Å². The molecule has 4 N–H and O–H groups in total. The van der Waals surface area contributed by atoms with Gasteiger partial charge in [0.05, 0.1) is 17.1 Å². The molecule has 2 heterocycles. The number of fused-ring (bicyclic) bond motifs is 7. The summed E-state index contributed by atoms with van der Waals surface area (Å²) in [5, 5.41) is 21.9. The number of hydrogen-bond donors (Lipinski definition) is 3. The zero-order chi connectivity index (χ0) is 29.7. The number of benzene rings is 1. The van der Waals surface area contributed by atoms with Gasteiger partial charge < -0.3 is 25.4 Å². The molecule has 4 aliphatic carbocycles. The minimum absolute atomic E-state index is 0.0335. The van der Waals surface area contributed by atoms with E-state index in [0.29, 0.717) is 31.4 Å². The number of anilines is 1. The molecule has 5 aliphatic rings. The van der Waals surface area contributed by atoms with Crippen LogP contribution in [0.25, 0.3) is 0 Å². The Kier molecular flexibility index (Phi) is 6.33. The van der Waals surface area contributed by atoms with Crippen LogP contribution in [-0.4, -0.2) is 46.1 Å². The largest absolute Gasteiger partial charge is 0.399 e. The molecule has 8 heteroatoms. The molecule has 9 atom stereocenters. The van der Waals surface area contributed by atoms with Crippen LogP contribution in [0.1, 0.15) is 61.1 Å². The molecule has 6 nitrogen and oxygen atoms in total. The predicted molar refractivity (Wildman–Crippen MR) is 159 cm³/mol. The monoisotopic (exact) mass is 591 g/mol. The minimum Gasteiger partial charge on any atom is -0.399 e. The lowest BCUT2D eigenvalue weighted by Gasteiger charge is -2.62. The Bertz CT molecular complexity index is 1530. The molecule has 7 rings (SSSR count). The smallest absolute Gasteiger partial charge is 0.194 e. The fourth-order valence-corrected chi connectivity index (χ4v) is 10.3. The fraction of sp³-hybridized carbons (Fsp3) is 0.500. The number of rotatable bonds is 5. The molecule has 3 saturated carbocycles. The van der Waals surface area contributed by atoms with E-state index in [4.69, 9.17) is 15.2 Å². The molecule has 1 saturated heterocycles. The molecule has 2 aromatic rings. The third-order valence-corrected chi connectivity index (χ3v) is 12.4. The SMILES string of the molecule is C=C1C=C[C@@]2(C)C(=C1)CC[C@H]1[C@@H]3C[C@H]4O[C@@H](c5ccc(Cc6cccc(N)c6)s5)O[C@@]4(C(=O)CO)[C@@]3(C)C[C@H](O)[C@@]12F. The van der Waals surface area contributed by atoms with Crippen molar-refractivity contribution in [3.8, 4) is 0 Å². The second-order valence-electron chi connectivity index (χ2n) is 13.3. The molecular formula is C34H38FNO5S. The summed E-state index contributed by atoms with van der Waals surface area (Å²) in [7, 11) is 0. The number of Topliss-reactive ketones (excluding diaryl/α,β-unsaturated/α-hetero) is 1. The molecule has 42 heavy (non-hydrogen) atoms. The summed E-state index contributed by atoms with van der Waals surface area (Å²) < 4.78 is 30.8. The van der Waals surface area contributed by atoms with Crippen molar-refractivity contribution in [1.82, 2.24) is 0 Å². The number of carbonyl (C=O) groups is 1. The van der Waals surface area contributed by atoms with E-state index in [9.17, 15) is 15.0 Å². The number of aliphatic hydroxyl groups excluding tert-OH is 2. The van der Waals surface area contributed by atoms with E-state index in [1.807, 2.05) is 68.5 Å². The quantitative estimate of drug-likeness (QED) is 0.391. The molecule has 0 amide bonds. The number of halogens is 1. The van der Waals surface area contributed by atoms with Gasteiger partial charge in [0.25, 0.3) is 0 Å². The van der Waals surface area contributed by atoms with Crippen LogP contribution in [0.4, 0.5) is 10.1 Å². The van der Waals surface area contributed by atoms with Crippen LogP contribution in [-0.2, 0) is 20.7 Å². The predicted octanol–water partition coefficient (Wildman–Crippen LogP) is 5.60. The highest BCUT2D eigenvalue weighted by Gasteiger charge is 2.79. The Morgan fingerprint density at radius 1 is 1.24 bits per heavy atom. The highest BCUT2D eigenvalue weighted by Crippen LogP contribution is 2.72. The molecule has 1 aliphatic heterocycles. The lowest BCUT2D eigenvalue weighted by Crippen LogP contribution is -2.69. The lowest BCUT2D eigenvalue weighted by molar-refractivity contribution is -0.231. The summed E-state index contributed by atoms with van der Waals surface area (Å²) in [5.74, 6) is -1.24. The van der Waals surface area contributed by atoms with Gasteiger partial charge in [0.15, 0.2) is 23.3 Å². The summed E-state index contributed by atoms with van der Waals surface area (Å²) in [5.41, 5.74) is 4.26. The number of aliphatic hydroxyl groups is 2. The maximum absolute atomic E-state index is 17.6. The van der Waals surface area contributed by atoms with Crippen LogP contribution in [0.5, 0.6) is 0 Å². The van der Waals surface area contributed by atoms with E-state index in [1.54, 1.807) is 11.3 Å². The van der Waals surface area contributed by atoms with Crippen LogP contribution in [0.2, 0.25) is 0 Å². The van der Waals surface area contributed by atoms with E-state index < -0.39 is 58.9 Å². The first-order valence-electron chi connectivity index (χ1n) is 14.8. The van der Waals surface area contributed by atoms with Gasteiger partial charge in [-0.15, -0.1) is 11.3 Å². The van der Waals surface area contributed by atoms with E-state index in [1.165, 1.54) is 0 Å². The zero-order valence-corrected chi connectivity index (χ0v) is 24.8. The second kappa shape index (κ2) is 9.44. The van der Waals surface area contributed by atoms with Gasteiger partial charge in [-0.1, -0.05) is 49.4 Å². The molecule has 1 aromatic carbocycles. The molecule has 222 valence electrons. The maximum Gasteiger partial charge on any atom is 0.194 e. The number of nitrogens with two attached hydrogens (primary N) is 1. The Morgan fingerprint density at radius 3 is 2.81 bits per heavy atom. The topological polar surface area (TPSA) is 102 Å². The van der Waals surface area contributed by atoms with E-state index >= 15 is 4.39 Å². The highest BCUT2D eigenvalue weighted by atomic mass is 32.1. The minimum atomic E-state index is -1.91. The number of ether oxygens (including phenoxy) is 2. The van der Waals surface area contributed by atoms with Crippen LogP contribution in [0.15, 0.2) is 72.4 Å². The summed E-state index contributed by atoms with van der Waals surface area (Å²) in [4.78, 5) is 15.7. The molecule has 0 bridgehead atoms. The number of ketones is 1. The van der Waals surface area contributed by atoms with Crippen LogP contribution >= 0.6 is 11.3 Å². The van der Waals surface area contributed by atoms with Crippen molar-refractivity contribution in [2.24, 2.45) is 22.7 Å². The van der Waals surface area contributed by atoms with Gasteiger partial charge in [-0.3, -0.25) is 4.79 Å². The van der Waals surface area contributed by atoms with Gasteiger partial charge in [-0.2, -0.15) is 0 Å². The van der Waals surface area contributed by atoms with Crippen LogP contribution < -0.4 is 5.73 Å². The Morgan fingerprint density at radius 2 is 2.05 bits per heavy atom. The van der Waals surface area contributed by atoms with Gasteiger partial charge in [0.2, 0.25) is 0 Å². The number of nitrogen functional groups attached to an aromatic ring is 1. The van der Waals surface area contributed by atoms with Gasteiger partial charge in [-0.05, 0) is 73.9 Å². The Labute approximate surface area is 249 Å². The number of carbonyl (C=O) groups excluding carboxylic acids is 1. The third-order valence-electron chi connectivity index (χ3n) is 11.3. The number of thiophene rings is 1. The van der Waals surface area contributed by atoms with Gasteiger partial charge >= 0.3 is 0 Å². The van der Waals surface area contributed by atoms with Crippen molar-refractivity contribution >= 4 is 22.8 Å². The van der Waals surface area contributed by atoms with Crippen molar-refractivity contribution in [2.75, 3.05) is 12.3 Å². The van der Waals surface area contributed by atoms with E-state index in [-0.39, 0.29) is 12.3 Å². The number of hydrogen-bond acceptors (Lipinski definition) is 7. The van der Waals surface area contributed by atoms with Crippen LogP contribution in [0.3, 0.4) is 0 Å². The molecule has 0 unspecified atom stereocenters. The van der Waals surface area contributed by atoms with Gasteiger partial charge in [0, 0.05) is 33.7 Å². The van der Waals surface area contributed by atoms with Crippen molar-refractivity contribution in [3.05, 3.63) is 87.7 Å². The van der Waals surface area contributed by atoms with Crippen molar-refractivity contribution in [1.29, 1.82) is 0 Å². The van der Waals surface area contributed by atoms with Crippen LogP contribution in [0, 0.1) is 22.7 Å². The highest BCUT2D eigenvalue weighted by molar-refractivity contribution is 7.12. The maximum atomic E-state index is 17.6. The summed E-state index contributed by atoms with van der Waals surface area (Å²) in [6.07, 6.45) is 5.30.